The Kier molecular flexibility index (Phi) is 3.30. The summed E-state index contributed by atoms with van der Waals surface area (Å²) in [6.45, 7) is 6.31. The summed E-state index contributed by atoms with van der Waals surface area (Å²) in [7, 11) is 1.77. The summed E-state index contributed by atoms with van der Waals surface area (Å²) in [5.74, 6) is 0. The molecule has 0 unspecified atom stereocenters. The van der Waals surface area contributed by atoms with Crippen LogP contribution in [0.15, 0.2) is 0 Å². The number of ether oxygens (including phenoxy) is 1. The number of methoxy groups -OCH3 is 1. The molecule has 3 heteroatoms. The van der Waals surface area contributed by atoms with Crippen LogP contribution in [0.1, 0.15) is 13.8 Å². The fourth-order valence-corrected chi connectivity index (χ4v) is 1.50. The summed E-state index contributed by atoms with van der Waals surface area (Å²) in [6.07, 6.45) is 0.345. The lowest BCUT2D eigenvalue weighted by Gasteiger charge is -2.20. The summed E-state index contributed by atoms with van der Waals surface area (Å²) in [4.78, 5) is 0. The number of hydrogen-bond donors (Lipinski definition) is 2. The zero-order chi connectivity index (χ0) is 8.27. The third kappa shape index (κ3) is 2.43. The highest BCUT2D eigenvalue weighted by Gasteiger charge is 2.26. The highest BCUT2D eigenvalue weighted by Crippen LogP contribution is 2.04. The molecule has 1 aliphatic rings. The third-order valence-electron chi connectivity index (χ3n) is 2.01. The summed E-state index contributed by atoms with van der Waals surface area (Å²) >= 11 is 0. The van der Waals surface area contributed by atoms with Crippen LogP contribution in [0.25, 0.3) is 0 Å². The van der Waals surface area contributed by atoms with Crippen LogP contribution in [0.3, 0.4) is 0 Å². The summed E-state index contributed by atoms with van der Waals surface area (Å²) in [5.41, 5.74) is 0. The SMILES string of the molecule is CO[C@H]1CNC[C@H]1NC(C)C. The fraction of sp³-hybridized carbons (Fsp3) is 1.00. The Morgan fingerprint density at radius 3 is 2.73 bits per heavy atom. The van der Waals surface area contributed by atoms with Gasteiger partial charge in [0.05, 0.1) is 6.10 Å². The molecule has 11 heavy (non-hydrogen) atoms. The van der Waals surface area contributed by atoms with Crippen LogP contribution >= 0.6 is 0 Å². The van der Waals surface area contributed by atoms with Crippen molar-refractivity contribution in [2.45, 2.75) is 32.0 Å². The maximum Gasteiger partial charge on any atom is 0.0860 e. The van der Waals surface area contributed by atoms with Crippen molar-refractivity contribution in [1.82, 2.24) is 10.6 Å². The van der Waals surface area contributed by atoms with Gasteiger partial charge < -0.3 is 15.4 Å². The number of hydrogen-bond acceptors (Lipinski definition) is 3. The van der Waals surface area contributed by atoms with Crippen LogP contribution < -0.4 is 10.6 Å². The molecule has 2 atom stereocenters. The first kappa shape index (κ1) is 8.97. The van der Waals surface area contributed by atoms with Gasteiger partial charge in [0.25, 0.3) is 0 Å². The molecule has 1 aliphatic heterocycles. The molecule has 0 amide bonds. The van der Waals surface area contributed by atoms with Gasteiger partial charge in [-0.3, -0.25) is 0 Å². The number of rotatable bonds is 3. The second-order valence-electron chi connectivity index (χ2n) is 3.36. The standard InChI is InChI=1S/C8H18N2O/c1-6(2)10-7-4-9-5-8(7)11-3/h6-10H,4-5H2,1-3H3/t7-,8+/m1/s1. The average Bonchev–Trinajstić information content (AvgIpc) is 2.34. The van der Waals surface area contributed by atoms with E-state index in [1.807, 2.05) is 0 Å². The van der Waals surface area contributed by atoms with Crippen molar-refractivity contribution in [3.63, 3.8) is 0 Å². The summed E-state index contributed by atoms with van der Waals surface area (Å²) in [5, 5.41) is 6.75. The topological polar surface area (TPSA) is 33.3 Å². The zero-order valence-electron chi connectivity index (χ0n) is 7.55. The van der Waals surface area contributed by atoms with Crippen LogP contribution in [-0.4, -0.2) is 38.4 Å². The minimum Gasteiger partial charge on any atom is -0.378 e. The van der Waals surface area contributed by atoms with Crippen molar-refractivity contribution in [1.29, 1.82) is 0 Å². The van der Waals surface area contributed by atoms with Gasteiger partial charge in [0, 0.05) is 32.3 Å². The lowest BCUT2D eigenvalue weighted by atomic mass is 10.2. The molecule has 1 fully saturated rings. The maximum atomic E-state index is 5.30. The predicted molar refractivity (Wildman–Crippen MR) is 45.7 cm³/mol. The Hall–Kier alpha value is -0.120. The van der Waals surface area contributed by atoms with E-state index < -0.39 is 0 Å². The predicted octanol–water partition coefficient (Wildman–Crippen LogP) is -0.0288. The van der Waals surface area contributed by atoms with E-state index in [9.17, 15) is 0 Å². The summed E-state index contributed by atoms with van der Waals surface area (Å²) < 4.78 is 5.30. The van der Waals surface area contributed by atoms with Gasteiger partial charge in [-0.25, -0.2) is 0 Å². The van der Waals surface area contributed by atoms with Crippen LogP contribution in [0.5, 0.6) is 0 Å². The molecule has 0 aliphatic carbocycles. The van der Waals surface area contributed by atoms with Gasteiger partial charge in [0.1, 0.15) is 0 Å². The molecule has 0 aromatic rings. The first-order chi connectivity index (χ1) is 5.24. The quantitative estimate of drug-likeness (QED) is 0.605. The van der Waals surface area contributed by atoms with Crippen LogP contribution in [-0.2, 0) is 4.74 Å². The molecular formula is C8H18N2O. The molecule has 0 aromatic carbocycles. The molecule has 0 bridgehead atoms. The molecule has 3 nitrogen and oxygen atoms in total. The van der Waals surface area contributed by atoms with Crippen molar-refractivity contribution in [3.05, 3.63) is 0 Å². The van der Waals surface area contributed by atoms with E-state index in [0.717, 1.165) is 13.1 Å². The third-order valence-corrected chi connectivity index (χ3v) is 2.01. The van der Waals surface area contributed by atoms with Crippen LogP contribution in [0.2, 0.25) is 0 Å². The Labute approximate surface area is 68.5 Å². The van der Waals surface area contributed by atoms with Crippen molar-refractivity contribution in [2.24, 2.45) is 0 Å². The van der Waals surface area contributed by atoms with Crippen molar-refractivity contribution in [2.75, 3.05) is 20.2 Å². The largest absolute Gasteiger partial charge is 0.378 e. The number of nitrogens with one attached hydrogen (secondary N) is 2. The Balaban J connectivity index is 2.31. The summed E-state index contributed by atoms with van der Waals surface area (Å²) in [6, 6.07) is 1.03. The monoisotopic (exact) mass is 158 g/mol. The first-order valence-electron chi connectivity index (χ1n) is 4.23. The molecule has 2 N–H and O–H groups in total. The average molecular weight is 158 g/mol. The zero-order valence-corrected chi connectivity index (χ0v) is 7.55. The first-order valence-corrected chi connectivity index (χ1v) is 4.23. The van der Waals surface area contributed by atoms with Gasteiger partial charge in [-0.1, -0.05) is 13.8 Å². The van der Waals surface area contributed by atoms with E-state index in [-0.39, 0.29) is 0 Å². The fourth-order valence-electron chi connectivity index (χ4n) is 1.50. The molecule has 0 aromatic heterocycles. The minimum atomic E-state index is 0.345. The highest BCUT2D eigenvalue weighted by molar-refractivity contribution is 4.88. The normalized spacial score (nSPS) is 31.6. The lowest BCUT2D eigenvalue weighted by molar-refractivity contribution is 0.0938. The highest BCUT2D eigenvalue weighted by atomic mass is 16.5. The van der Waals surface area contributed by atoms with E-state index in [1.54, 1.807) is 7.11 Å². The van der Waals surface area contributed by atoms with Gasteiger partial charge in [0.2, 0.25) is 0 Å². The second kappa shape index (κ2) is 4.04. The van der Waals surface area contributed by atoms with E-state index in [2.05, 4.69) is 24.5 Å². The lowest BCUT2D eigenvalue weighted by Crippen LogP contribution is -2.43. The van der Waals surface area contributed by atoms with Crippen molar-refractivity contribution >= 4 is 0 Å². The molecule has 1 rings (SSSR count). The molecule has 66 valence electrons. The molecule has 0 saturated carbocycles. The van der Waals surface area contributed by atoms with Gasteiger partial charge in [-0.15, -0.1) is 0 Å². The van der Waals surface area contributed by atoms with Crippen molar-refractivity contribution in [3.8, 4) is 0 Å². The Bertz CT molecular complexity index is 117. The molecule has 1 heterocycles. The van der Waals surface area contributed by atoms with E-state index >= 15 is 0 Å². The van der Waals surface area contributed by atoms with Crippen LogP contribution in [0.4, 0.5) is 0 Å². The smallest absolute Gasteiger partial charge is 0.0860 e. The van der Waals surface area contributed by atoms with E-state index in [1.165, 1.54) is 0 Å². The van der Waals surface area contributed by atoms with Gasteiger partial charge in [0.15, 0.2) is 0 Å². The van der Waals surface area contributed by atoms with Gasteiger partial charge >= 0.3 is 0 Å². The van der Waals surface area contributed by atoms with E-state index in [4.69, 9.17) is 4.74 Å². The Morgan fingerprint density at radius 2 is 2.18 bits per heavy atom. The second-order valence-corrected chi connectivity index (χ2v) is 3.36. The van der Waals surface area contributed by atoms with E-state index in [0.29, 0.717) is 18.2 Å². The van der Waals surface area contributed by atoms with Gasteiger partial charge in [-0.05, 0) is 0 Å². The molecule has 0 radical (unpaired) electrons. The molecule has 0 spiro atoms. The Morgan fingerprint density at radius 1 is 1.45 bits per heavy atom. The minimum absolute atomic E-state index is 0.345. The maximum absolute atomic E-state index is 5.30. The van der Waals surface area contributed by atoms with Crippen LogP contribution in [0, 0.1) is 0 Å². The molecular weight excluding hydrogens is 140 g/mol. The van der Waals surface area contributed by atoms with Gasteiger partial charge in [-0.2, -0.15) is 0 Å². The van der Waals surface area contributed by atoms with Crippen molar-refractivity contribution < 1.29 is 4.74 Å². The molecule has 1 saturated heterocycles.